The number of benzene rings is 1. The number of esters is 1. The predicted molar refractivity (Wildman–Crippen MR) is 140 cm³/mol. The van der Waals surface area contributed by atoms with Gasteiger partial charge < -0.3 is 29.1 Å². The first-order valence-electron chi connectivity index (χ1n) is 12.3. The highest BCUT2D eigenvalue weighted by molar-refractivity contribution is 9.09. The lowest BCUT2D eigenvalue weighted by Gasteiger charge is -2.38. The summed E-state index contributed by atoms with van der Waals surface area (Å²) in [7, 11) is 1.56. The molecule has 9 nitrogen and oxygen atoms in total. The number of amides is 2. The second kappa shape index (κ2) is 11.0. The van der Waals surface area contributed by atoms with Crippen molar-refractivity contribution >= 4 is 39.4 Å². The lowest BCUT2D eigenvalue weighted by molar-refractivity contribution is -0.155. The van der Waals surface area contributed by atoms with E-state index in [0.29, 0.717) is 24.3 Å². The molecule has 3 heterocycles. The van der Waals surface area contributed by atoms with Gasteiger partial charge in [0.25, 0.3) is 5.91 Å². The normalized spacial score (nSPS) is 30.5. The van der Waals surface area contributed by atoms with E-state index in [2.05, 4.69) is 29.1 Å². The molecule has 0 radical (unpaired) electrons. The van der Waals surface area contributed by atoms with Crippen molar-refractivity contribution in [2.45, 2.75) is 48.4 Å². The second-order valence-corrected chi connectivity index (χ2v) is 10.8. The molecular weight excluding hydrogens is 544 g/mol. The van der Waals surface area contributed by atoms with Crippen molar-refractivity contribution in [1.29, 1.82) is 0 Å². The lowest BCUT2D eigenvalue weighted by atomic mass is 9.70. The summed E-state index contributed by atoms with van der Waals surface area (Å²) in [5.41, 5.74) is -0.650. The van der Waals surface area contributed by atoms with Crippen LogP contribution in [0.1, 0.15) is 19.8 Å². The Balaban J connectivity index is 1.76. The predicted octanol–water partition coefficient (Wildman–Crippen LogP) is 2.46. The number of aliphatic hydroxyl groups excluding tert-OH is 1. The number of nitrogens with zero attached hydrogens (tertiary/aromatic N) is 2. The molecule has 3 unspecified atom stereocenters. The number of carbonyl (C=O) groups excluding carboxylic acids is 3. The molecule has 3 fully saturated rings. The van der Waals surface area contributed by atoms with Crippen molar-refractivity contribution in [1.82, 2.24) is 4.90 Å². The van der Waals surface area contributed by atoms with Crippen LogP contribution in [-0.4, -0.2) is 83.3 Å². The Hall–Kier alpha value is -2.69. The Labute approximate surface area is 225 Å². The van der Waals surface area contributed by atoms with Gasteiger partial charge in [-0.25, -0.2) is 0 Å². The number of hydrogen-bond donors (Lipinski definition) is 1. The molecule has 200 valence electrons. The van der Waals surface area contributed by atoms with Crippen LogP contribution in [0.15, 0.2) is 49.6 Å². The highest BCUT2D eigenvalue weighted by Crippen LogP contribution is 2.60. The minimum atomic E-state index is -1.25. The van der Waals surface area contributed by atoms with Gasteiger partial charge in [-0.15, -0.1) is 13.2 Å². The molecule has 1 spiro atoms. The Morgan fingerprint density at radius 3 is 2.62 bits per heavy atom. The van der Waals surface area contributed by atoms with Gasteiger partial charge in [-0.1, -0.05) is 28.1 Å². The first kappa shape index (κ1) is 27.3. The summed E-state index contributed by atoms with van der Waals surface area (Å²) in [5, 5.41) is 10.0. The van der Waals surface area contributed by atoms with Crippen LogP contribution >= 0.6 is 15.9 Å². The van der Waals surface area contributed by atoms with Gasteiger partial charge in [-0.2, -0.15) is 0 Å². The number of carbonyl (C=O) groups is 3. The molecule has 10 heteroatoms. The first-order valence-corrected chi connectivity index (χ1v) is 13.3. The molecule has 1 aromatic rings. The Morgan fingerprint density at radius 1 is 1.32 bits per heavy atom. The summed E-state index contributed by atoms with van der Waals surface area (Å²) in [6.45, 7) is 9.11. The van der Waals surface area contributed by atoms with Gasteiger partial charge >= 0.3 is 5.97 Å². The number of hydrogen-bond acceptors (Lipinski definition) is 7. The molecule has 0 aliphatic carbocycles. The molecule has 37 heavy (non-hydrogen) atoms. The van der Waals surface area contributed by atoms with E-state index in [-0.39, 0.29) is 36.4 Å². The number of methoxy groups -OCH3 is 1. The fourth-order valence-electron chi connectivity index (χ4n) is 5.88. The number of alkyl halides is 1. The van der Waals surface area contributed by atoms with Crippen molar-refractivity contribution in [2.24, 2.45) is 11.8 Å². The first-order chi connectivity index (χ1) is 17.7. The van der Waals surface area contributed by atoms with Crippen molar-refractivity contribution in [3.8, 4) is 5.75 Å². The maximum absolute atomic E-state index is 14.3. The Kier molecular flexibility index (Phi) is 8.11. The number of anilines is 1. The SMILES string of the molecule is C=CCCOC(=O)[C@H]1[C@H]2C(=O)N([C@H](C)CO)C(C(=O)N(CC=C)c3ccc(OC)cc3)C23CC(Br)[C@@H]1O3. The van der Waals surface area contributed by atoms with Crippen LogP contribution < -0.4 is 9.64 Å². The molecule has 0 aromatic heterocycles. The van der Waals surface area contributed by atoms with Gasteiger partial charge in [0.15, 0.2) is 0 Å². The van der Waals surface area contributed by atoms with Gasteiger partial charge in [0.05, 0.1) is 44.3 Å². The number of fused-ring (bicyclic) bond motifs is 1. The number of ether oxygens (including phenoxy) is 3. The topological polar surface area (TPSA) is 106 Å². The van der Waals surface area contributed by atoms with Crippen LogP contribution in [-0.2, 0) is 23.9 Å². The molecule has 1 aromatic carbocycles. The Bertz CT molecular complexity index is 1060. The highest BCUT2D eigenvalue weighted by atomic mass is 79.9. The highest BCUT2D eigenvalue weighted by Gasteiger charge is 2.77. The van der Waals surface area contributed by atoms with E-state index in [1.54, 1.807) is 50.5 Å². The van der Waals surface area contributed by atoms with Gasteiger partial charge in [-0.3, -0.25) is 14.4 Å². The monoisotopic (exact) mass is 576 g/mol. The molecule has 2 bridgehead atoms. The molecule has 2 amide bonds. The van der Waals surface area contributed by atoms with E-state index in [1.165, 1.54) is 9.80 Å². The van der Waals surface area contributed by atoms with Crippen LogP contribution in [0, 0.1) is 11.8 Å². The number of likely N-dealkylation sites (tertiary alicyclic amines) is 1. The van der Waals surface area contributed by atoms with Crippen LogP contribution in [0.4, 0.5) is 5.69 Å². The van der Waals surface area contributed by atoms with E-state index in [1.807, 2.05) is 0 Å². The molecule has 0 saturated carbocycles. The molecule has 7 atom stereocenters. The van der Waals surface area contributed by atoms with Gasteiger partial charge in [-0.05, 0) is 44.0 Å². The van der Waals surface area contributed by atoms with E-state index in [0.717, 1.165) is 0 Å². The standard InChI is InChI=1S/C27H33BrN2O7/c1-5-7-13-36-26(34)20-21-24(32)30(16(3)15-31)23(27(21)14-19(28)22(20)37-27)25(33)29(12-6-2)17-8-10-18(35-4)11-9-17/h5-6,8-11,16,19-23,31H,1-2,7,12-15H2,3-4H3/t16-,19?,20+,21+,22+,23?,27?/m1/s1. The van der Waals surface area contributed by atoms with Crippen molar-refractivity contribution < 1.29 is 33.7 Å². The number of rotatable bonds is 11. The van der Waals surface area contributed by atoms with Crippen LogP contribution in [0.2, 0.25) is 0 Å². The van der Waals surface area contributed by atoms with E-state index in [4.69, 9.17) is 14.2 Å². The van der Waals surface area contributed by atoms with E-state index < -0.39 is 41.6 Å². The molecular formula is C27H33BrN2O7. The minimum Gasteiger partial charge on any atom is -0.497 e. The summed E-state index contributed by atoms with van der Waals surface area (Å²) in [4.78, 5) is 44.1. The molecule has 4 rings (SSSR count). The number of halogens is 1. The van der Waals surface area contributed by atoms with Crippen LogP contribution in [0.5, 0.6) is 5.75 Å². The fourth-order valence-corrected chi connectivity index (χ4v) is 6.82. The summed E-state index contributed by atoms with van der Waals surface area (Å²) in [6, 6.07) is 5.28. The molecule has 3 saturated heterocycles. The maximum atomic E-state index is 14.3. The van der Waals surface area contributed by atoms with Crippen molar-refractivity contribution in [3.05, 3.63) is 49.6 Å². The summed E-state index contributed by atoms with van der Waals surface area (Å²) in [5.74, 6) is -2.41. The average Bonchev–Trinajstić information content (AvgIpc) is 3.50. The zero-order chi connectivity index (χ0) is 26.9. The average molecular weight is 577 g/mol. The van der Waals surface area contributed by atoms with E-state index in [9.17, 15) is 19.5 Å². The third-order valence-electron chi connectivity index (χ3n) is 7.50. The summed E-state index contributed by atoms with van der Waals surface area (Å²) >= 11 is 3.63. The molecule has 3 aliphatic rings. The van der Waals surface area contributed by atoms with Gasteiger partial charge in [0, 0.05) is 17.1 Å². The van der Waals surface area contributed by atoms with Crippen LogP contribution in [0.3, 0.4) is 0 Å². The third kappa shape index (κ3) is 4.49. The van der Waals surface area contributed by atoms with Gasteiger partial charge in [0.1, 0.15) is 17.4 Å². The minimum absolute atomic E-state index is 0.149. The van der Waals surface area contributed by atoms with Crippen molar-refractivity contribution in [2.75, 3.05) is 31.8 Å². The molecule has 3 aliphatic heterocycles. The lowest BCUT2D eigenvalue weighted by Crippen LogP contribution is -2.58. The largest absolute Gasteiger partial charge is 0.497 e. The third-order valence-corrected chi connectivity index (χ3v) is 8.35. The maximum Gasteiger partial charge on any atom is 0.312 e. The fraction of sp³-hybridized carbons (Fsp3) is 0.519. The second-order valence-electron chi connectivity index (χ2n) is 9.62. The Morgan fingerprint density at radius 2 is 2.03 bits per heavy atom. The smallest absolute Gasteiger partial charge is 0.312 e. The zero-order valence-corrected chi connectivity index (χ0v) is 22.6. The molecule has 1 N–H and O–H groups in total. The van der Waals surface area contributed by atoms with Crippen LogP contribution in [0.25, 0.3) is 0 Å². The van der Waals surface area contributed by atoms with Gasteiger partial charge in [0.2, 0.25) is 5.91 Å². The number of aliphatic hydroxyl groups is 1. The quantitative estimate of drug-likeness (QED) is 0.187. The zero-order valence-electron chi connectivity index (χ0n) is 21.0. The summed E-state index contributed by atoms with van der Waals surface area (Å²) < 4.78 is 17.2. The summed E-state index contributed by atoms with van der Waals surface area (Å²) in [6.07, 6.45) is 3.49. The van der Waals surface area contributed by atoms with E-state index >= 15 is 0 Å². The van der Waals surface area contributed by atoms with Crippen molar-refractivity contribution in [3.63, 3.8) is 0 Å².